The molecule has 0 spiro atoms. The first-order chi connectivity index (χ1) is 15.9. The largest absolute Gasteiger partial charge is 0.500 e. The Balaban J connectivity index is 1.76. The van der Waals surface area contributed by atoms with Crippen molar-refractivity contribution >= 4 is 40.3 Å². The highest BCUT2D eigenvalue weighted by Gasteiger charge is 2.41. The molecule has 2 fully saturated rings. The average molecular weight is 468 g/mol. The first kappa shape index (κ1) is 22.8. The van der Waals surface area contributed by atoms with Crippen molar-refractivity contribution in [2.75, 3.05) is 7.11 Å². The van der Waals surface area contributed by atoms with Crippen molar-refractivity contribution in [3.63, 3.8) is 0 Å². The number of benzene rings is 2. The molecule has 2 aromatic rings. The normalized spacial score (nSPS) is 23.3. The third-order valence-corrected chi connectivity index (χ3v) is 6.99. The van der Waals surface area contributed by atoms with Crippen molar-refractivity contribution < 1.29 is 19.6 Å². The number of methoxy groups -OCH3 is 1. The summed E-state index contributed by atoms with van der Waals surface area (Å²) in [5.74, 6) is -0.386. The highest BCUT2D eigenvalue weighted by molar-refractivity contribution is 8.18. The molecule has 2 aromatic carbocycles. The number of carbonyl (C=O) groups is 1. The number of amidine groups is 1. The van der Waals surface area contributed by atoms with Crippen LogP contribution in [0.1, 0.15) is 38.2 Å². The lowest BCUT2D eigenvalue weighted by atomic mass is 9.85. The Kier molecular flexibility index (Phi) is 6.69. The molecule has 1 saturated carbocycles. The quantitative estimate of drug-likeness (QED) is 0.354. The molecule has 1 N–H and O–H groups in total. The van der Waals surface area contributed by atoms with E-state index >= 15 is 0 Å². The monoisotopic (exact) mass is 467 g/mol. The van der Waals surface area contributed by atoms with E-state index in [1.165, 1.54) is 31.0 Å². The van der Waals surface area contributed by atoms with E-state index in [1.54, 1.807) is 11.0 Å². The summed E-state index contributed by atoms with van der Waals surface area (Å²) in [4.78, 5) is 31.2. The second-order valence-corrected chi connectivity index (χ2v) is 9.20. The van der Waals surface area contributed by atoms with Gasteiger partial charge in [0.2, 0.25) is 5.75 Å². The lowest BCUT2D eigenvalue weighted by Crippen LogP contribution is -2.44. The van der Waals surface area contributed by atoms with Crippen LogP contribution in [0.2, 0.25) is 0 Å². The first-order valence-corrected chi connectivity index (χ1v) is 11.6. The molecule has 0 radical (unpaired) electrons. The number of para-hydroxylation sites is 1. The Labute approximate surface area is 196 Å². The first-order valence-electron chi connectivity index (χ1n) is 10.8. The van der Waals surface area contributed by atoms with E-state index in [4.69, 9.17) is 9.73 Å². The maximum Gasteiger partial charge on any atom is 0.315 e. The van der Waals surface area contributed by atoms with Crippen molar-refractivity contribution in [1.29, 1.82) is 0 Å². The van der Waals surface area contributed by atoms with Crippen LogP contribution in [0.5, 0.6) is 11.5 Å². The predicted octanol–water partition coefficient (Wildman–Crippen LogP) is 5.49. The zero-order valence-corrected chi connectivity index (χ0v) is 19.2. The van der Waals surface area contributed by atoms with Gasteiger partial charge in [-0.1, -0.05) is 38.0 Å². The second-order valence-electron chi connectivity index (χ2n) is 8.19. The number of nitro benzene ring substituents is 1. The van der Waals surface area contributed by atoms with Crippen LogP contribution in [0.3, 0.4) is 0 Å². The predicted molar refractivity (Wildman–Crippen MR) is 129 cm³/mol. The van der Waals surface area contributed by atoms with Gasteiger partial charge in [0.1, 0.15) is 0 Å². The van der Waals surface area contributed by atoms with Gasteiger partial charge in [-0.3, -0.25) is 19.8 Å². The number of aromatic hydroxyl groups is 1. The van der Waals surface area contributed by atoms with Gasteiger partial charge in [0.05, 0.1) is 22.6 Å². The number of aliphatic imine (C=N–C) groups is 1. The van der Waals surface area contributed by atoms with Crippen LogP contribution in [0.15, 0.2) is 52.4 Å². The molecule has 4 rings (SSSR count). The van der Waals surface area contributed by atoms with Gasteiger partial charge < -0.3 is 9.84 Å². The minimum absolute atomic E-state index is 0.0255. The molecule has 0 bridgehead atoms. The third kappa shape index (κ3) is 4.73. The Bertz CT molecular complexity index is 1130. The topological polar surface area (TPSA) is 105 Å². The summed E-state index contributed by atoms with van der Waals surface area (Å²) >= 11 is 1.26. The summed E-state index contributed by atoms with van der Waals surface area (Å²) < 4.78 is 5.09. The van der Waals surface area contributed by atoms with Gasteiger partial charge in [-0.25, -0.2) is 4.99 Å². The molecular weight excluding hydrogens is 442 g/mol. The molecule has 0 aromatic heterocycles. The maximum absolute atomic E-state index is 13.5. The van der Waals surface area contributed by atoms with Crippen molar-refractivity contribution in [3.8, 4) is 11.5 Å². The fourth-order valence-electron chi connectivity index (χ4n) is 4.29. The van der Waals surface area contributed by atoms with Gasteiger partial charge >= 0.3 is 5.69 Å². The standard InChI is InChI=1S/C24H25N3O5S/c1-15-8-6-7-11-18(15)26-23(29)21(33-24(26)25-17-9-4-3-5-10-17)14-16-12-19(27(30)31)22(28)20(13-16)32-2/h3-5,9-10,12-15,18,28H,6-8,11H2,1-2H3/b21-14-,25-24?/t15-,18+/m0/s1. The molecule has 0 unspecified atom stereocenters. The van der Waals surface area contributed by atoms with Crippen LogP contribution in [-0.2, 0) is 4.79 Å². The summed E-state index contributed by atoms with van der Waals surface area (Å²) in [7, 11) is 1.32. The van der Waals surface area contributed by atoms with Gasteiger partial charge in [0.25, 0.3) is 5.91 Å². The number of nitrogens with zero attached hydrogens (tertiary/aromatic N) is 3. The Hall–Kier alpha value is -3.33. The molecule has 1 saturated heterocycles. The minimum atomic E-state index is -0.679. The lowest BCUT2D eigenvalue weighted by molar-refractivity contribution is -0.386. The minimum Gasteiger partial charge on any atom is -0.500 e. The Morgan fingerprint density at radius 1 is 1.24 bits per heavy atom. The summed E-state index contributed by atoms with van der Waals surface area (Å²) in [6.45, 7) is 2.16. The van der Waals surface area contributed by atoms with E-state index < -0.39 is 16.4 Å². The smallest absolute Gasteiger partial charge is 0.315 e. The fourth-order valence-corrected chi connectivity index (χ4v) is 5.34. The van der Waals surface area contributed by atoms with Gasteiger partial charge in [-0.2, -0.15) is 0 Å². The maximum atomic E-state index is 13.5. The van der Waals surface area contributed by atoms with E-state index in [9.17, 15) is 20.0 Å². The number of ether oxygens (including phenoxy) is 1. The molecular formula is C24H25N3O5S. The van der Waals surface area contributed by atoms with Crippen LogP contribution in [-0.4, -0.2) is 39.2 Å². The van der Waals surface area contributed by atoms with E-state index in [-0.39, 0.29) is 17.7 Å². The van der Waals surface area contributed by atoms with Crippen molar-refractivity contribution in [2.24, 2.45) is 10.9 Å². The molecule has 1 amide bonds. The molecule has 9 heteroatoms. The number of nitro groups is 1. The van der Waals surface area contributed by atoms with Crippen molar-refractivity contribution in [3.05, 3.63) is 63.0 Å². The number of hydrogen-bond donors (Lipinski definition) is 1. The Morgan fingerprint density at radius 3 is 2.64 bits per heavy atom. The summed E-state index contributed by atoms with van der Waals surface area (Å²) in [5.41, 5.74) is 0.668. The molecule has 2 aliphatic rings. The zero-order chi connectivity index (χ0) is 23.5. The Morgan fingerprint density at radius 2 is 1.97 bits per heavy atom. The molecule has 8 nitrogen and oxygen atoms in total. The SMILES string of the molecule is COc1cc(/C=C2\SC(=Nc3ccccc3)N([C@@H]3CCCC[C@@H]3C)C2=O)cc([N+](=O)[O-])c1O. The van der Waals surface area contributed by atoms with Crippen LogP contribution in [0.25, 0.3) is 6.08 Å². The number of rotatable bonds is 5. The highest BCUT2D eigenvalue weighted by atomic mass is 32.2. The number of thioether (sulfide) groups is 1. The number of amides is 1. The lowest BCUT2D eigenvalue weighted by Gasteiger charge is -2.35. The molecule has 33 heavy (non-hydrogen) atoms. The molecule has 1 aliphatic carbocycles. The molecule has 172 valence electrons. The third-order valence-electron chi connectivity index (χ3n) is 6.01. The van der Waals surface area contributed by atoms with E-state index in [2.05, 4.69) is 6.92 Å². The molecule has 2 atom stereocenters. The highest BCUT2D eigenvalue weighted by Crippen LogP contribution is 2.42. The van der Waals surface area contributed by atoms with Crippen LogP contribution in [0.4, 0.5) is 11.4 Å². The summed E-state index contributed by atoms with van der Waals surface area (Å²) in [6.07, 6.45) is 5.77. The van der Waals surface area contributed by atoms with Crippen molar-refractivity contribution in [1.82, 2.24) is 4.90 Å². The number of phenols is 1. The fraction of sp³-hybridized carbons (Fsp3) is 0.333. The molecule has 1 heterocycles. The van der Waals surface area contributed by atoms with E-state index in [0.717, 1.165) is 31.4 Å². The van der Waals surface area contributed by atoms with Crippen molar-refractivity contribution in [2.45, 2.75) is 38.6 Å². The van der Waals surface area contributed by atoms with Gasteiger partial charge in [0, 0.05) is 12.1 Å². The van der Waals surface area contributed by atoms with Gasteiger partial charge in [-0.15, -0.1) is 0 Å². The number of phenolic OH excluding ortho intramolecular Hbond substituents is 1. The zero-order valence-electron chi connectivity index (χ0n) is 18.4. The molecule has 1 aliphatic heterocycles. The van der Waals surface area contributed by atoms with Gasteiger partial charge in [0.15, 0.2) is 10.9 Å². The van der Waals surface area contributed by atoms with E-state index in [0.29, 0.717) is 21.6 Å². The number of carbonyl (C=O) groups excluding carboxylic acids is 1. The van der Waals surface area contributed by atoms with E-state index in [1.807, 2.05) is 30.3 Å². The van der Waals surface area contributed by atoms with Crippen LogP contribution in [0, 0.1) is 16.0 Å². The van der Waals surface area contributed by atoms with Gasteiger partial charge in [-0.05, 0) is 60.4 Å². The second kappa shape index (κ2) is 9.66. The van der Waals surface area contributed by atoms with Crippen LogP contribution < -0.4 is 4.74 Å². The van der Waals surface area contributed by atoms with Crippen LogP contribution >= 0.6 is 11.8 Å². The average Bonchev–Trinajstić information content (AvgIpc) is 3.10. The summed E-state index contributed by atoms with van der Waals surface area (Å²) in [5, 5.41) is 22.0. The summed E-state index contributed by atoms with van der Waals surface area (Å²) in [6, 6.07) is 12.2. The number of hydrogen-bond acceptors (Lipinski definition) is 7.